The van der Waals surface area contributed by atoms with E-state index in [1.54, 1.807) is 43.6 Å². The molecule has 0 aliphatic rings. The highest BCUT2D eigenvalue weighted by atomic mass is 32.1. The number of nitrogens with zero attached hydrogens (tertiary/aromatic N) is 3. The van der Waals surface area contributed by atoms with Crippen molar-refractivity contribution < 1.29 is 23.2 Å². The number of amides is 1. The molecule has 0 aliphatic heterocycles. The average molecular weight is 439 g/mol. The van der Waals surface area contributed by atoms with E-state index in [0.29, 0.717) is 53.4 Å². The van der Waals surface area contributed by atoms with E-state index in [1.165, 1.54) is 11.3 Å². The van der Waals surface area contributed by atoms with Crippen LogP contribution in [-0.2, 0) is 13.0 Å². The first-order valence-corrected chi connectivity index (χ1v) is 10.5. The van der Waals surface area contributed by atoms with Crippen molar-refractivity contribution in [2.45, 2.75) is 13.0 Å². The summed E-state index contributed by atoms with van der Waals surface area (Å²) < 4.78 is 21.4. The molecule has 4 aromatic rings. The van der Waals surface area contributed by atoms with Gasteiger partial charge in [0.1, 0.15) is 5.76 Å². The van der Waals surface area contributed by atoms with Gasteiger partial charge in [-0.25, -0.2) is 0 Å². The van der Waals surface area contributed by atoms with E-state index in [1.807, 2.05) is 29.6 Å². The van der Waals surface area contributed by atoms with Gasteiger partial charge in [-0.1, -0.05) is 11.2 Å². The summed E-state index contributed by atoms with van der Waals surface area (Å²) in [6.07, 6.45) is 2.01. The Balaban J connectivity index is 1.48. The molecule has 0 radical (unpaired) electrons. The van der Waals surface area contributed by atoms with Crippen molar-refractivity contribution in [2.24, 2.45) is 0 Å². The summed E-state index contributed by atoms with van der Waals surface area (Å²) >= 11 is 1.41. The molecule has 0 saturated carbocycles. The summed E-state index contributed by atoms with van der Waals surface area (Å²) in [6, 6.07) is 12.7. The van der Waals surface area contributed by atoms with Crippen LogP contribution in [0.15, 0.2) is 63.0 Å². The number of hydrogen-bond acceptors (Lipinski definition) is 8. The summed E-state index contributed by atoms with van der Waals surface area (Å²) in [5, 5.41) is 5.94. The topological polar surface area (TPSA) is 90.8 Å². The number of thiophene rings is 1. The summed E-state index contributed by atoms with van der Waals surface area (Å²) in [6.45, 7) is 0.769. The molecule has 31 heavy (non-hydrogen) atoms. The van der Waals surface area contributed by atoms with Crippen molar-refractivity contribution in [3.63, 3.8) is 0 Å². The summed E-state index contributed by atoms with van der Waals surface area (Å²) in [7, 11) is 3.15. The van der Waals surface area contributed by atoms with Crippen molar-refractivity contribution in [1.82, 2.24) is 15.0 Å². The highest BCUT2D eigenvalue weighted by molar-refractivity contribution is 7.12. The van der Waals surface area contributed by atoms with Crippen LogP contribution in [0.2, 0.25) is 0 Å². The smallest absolute Gasteiger partial charge is 0.264 e. The third kappa shape index (κ3) is 4.77. The van der Waals surface area contributed by atoms with Crippen LogP contribution >= 0.6 is 11.3 Å². The van der Waals surface area contributed by atoms with E-state index in [2.05, 4.69) is 10.1 Å². The number of carbonyl (C=O) groups excluding carboxylic acids is 1. The van der Waals surface area contributed by atoms with Gasteiger partial charge in [0.15, 0.2) is 11.5 Å². The van der Waals surface area contributed by atoms with Crippen molar-refractivity contribution in [2.75, 3.05) is 20.8 Å². The summed E-state index contributed by atoms with van der Waals surface area (Å²) in [5.74, 6) is 2.73. The number of furan rings is 1. The Bertz CT molecular complexity index is 1120. The maximum atomic E-state index is 12.9. The first-order valence-electron chi connectivity index (χ1n) is 9.58. The van der Waals surface area contributed by atoms with Gasteiger partial charge in [0.05, 0.1) is 31.9 Å². The van der Waals surface area contributed by atoms with Gasteiger partial charge in [-0.05, 0) is 41.8 Å². The van der Waals surface area contributed by atoms with E-state index in [0.717, 1.165) is 5.56 Å². The van der Waals surface area contributed by atoms with Crippen LogP contribution in [0.1, 0.15) is 21.3 Å². The second kappa shape index (κ2) is 9.48. The number of rotatable bonds is 9. The predicted octanol–water partition coefficient (Wildman–Crippen LogP) is 4.29. The molecule has 1 amide bonds. The highest BCUT2D eigenvalue weighted by Crippen LogP contribution is 2.31. The van der Waals surface area contributed by atoms with Gasteiger partial charge in [-0.2, -0.15) is 4.98 Å². The van der Waals surface area contributed by atoms with Gasteiger partial charge in [-0.15, -0.1) is 11.3 Å². The first kappa shape index (κ1) is 20.7. The van der Waals surface area contributed by atoms with Crippen molar-refractivity contribution >= 4 is 17.2 Å². The van der Waals surface area contributed by atoms with E-state index >= 15 is 0 Å². The SMILES string of the molecule is COc1ccc(-c2noc(CCN(Cc3ccco3)C(=O)c3cccs3)n2)cc1OC. The Morgan fingerprint density at radius 1 is 1.13 bits per heavy atom. The molecule has 0 aliphatic carbocycles. The Kier molecular flexibility index (Phi) is 6.32. The van der Waals surface area contributed by atoms with Gasteiger partial charge < -0.3 is 23.3 Å². The molecule has 0 N–H and O–H groups in total. The van der Waals surface area contributed by atoms with E-state index in [-0.39, 0.29) is 5.91 Å². The zero-order valence-electron chi connectivity index (χ0n) is 17.1. The van der Waals surface area contributed by atoms with Gasteiger partial charge in [0.2, 0.25) is 11.7 Å². The van der Waals surface area contributed by atoms with Crippen LogP contribution in [0.3, 0.4) is 0 Å². The quantitative estimate of drug-likeness (QED) is 0.384. The van der Waals surface area contributed by atoms with Crippen LogP contribution in [0.4, 0.5) is 0 Å². The minimum atomic E-state index is -0.0639. The van der Waals surface area contributed by atoms with Crippen LogP contribution in [0, 0.1) is 0 Å². The Morgan fingerprint density at radius 3 is 2.71 bits per heavy atom. The molecule has 3 heterocycles. The fraction of sp³-hybridized carbons (Fsp3) is 0.227. The van der Waals surface area contributed by atoms with Crippen molar-refractivity contribution in [3.8, 4) is 22.9 Å². The molecular formula is C22H21N3O5S. The lowest BCUT2D eigenvalue weighted by molar-refractivity contribution is 0.0735. The van der Waals surface area contributed by atoms with E-state index in [4.69, 9.17) is 18.4 Å². The molecule has 9 heteroatoms. The number of carbonyl (C=O) groups is 1. The molecule has 3 aromatic heterocycles. The first-order chi connectivity index (χ1) is 15.2. The van der Waals surface area contributed by atoms with Crippen LogP contribution in [-0.4, -0.2) is 41.7 Å². The Hall–Kier alpha value is -3.59. The third-order valence-electron chi connectivity index (χ3n) is 4.65. The van der Waals surface area contributed by atoms with Gasteiger partial charge >= 0.3 is 0 Å². The molecule has 160 valence electrons. The largest absolute Gasteiger partial charge is 0.493 e. The molecule has 1 aromatic carbocycles. The Labute approximate surface area is 183 Å². The second-order valence-corrected chi connectivity index (χ2v) is 7.56. The number of ether oxygens (including phenoxy) is 2. The third-order valence-corrected chi connectivity index (χ3v) is 5.51. The van der Waals surface area contributed by atoms with Gasteiger partial charge in [0, 0.05) is 18.5 Å². The molecule has 0 bridgehead atoms. The molecular weight excluding hydrogens is 418 g/mol. The standard InChI is InChI=1S/C22H21N3O5S/c1-27-17-8-7-15(13-18(17)28-2)21-23-20(30-24-21)9-10-25(14-16-5-3-11-29-16)22(26)19-6-4-12-31-19/h3-8,11-13H,9-10,14H2,1-2H3. The lowest BCUT2D eigenvalue weighted by Crippen LogP contribution is -2.32. The van der Waals surface area contributed by atoms with Gasteiger partial charge in [-0.3, -0.25) is 4.79 Å². The Morgan fingerprint density at radius 2 is 2.00 bits per heavy atom. The number of aromatic nitrogens is 2. The van der Waals surface area contributed by atoms with Gasteiger partial charge in [0.25, 0.3) is 5.91 Å². The zero-order valence-corrected chi connectivity index (χ0v) is 17.9. The molecule has 0 saturated heterocycles. The lowest BCUT2D eigenvalue weighted by atomic mass is 10.2. The number of benzene rings is 1. The maximum absolute atomic E-state index is 12.9. The van der Waals surface area contributed by atoms with Crippen LogP contribution < -0.4 is 9.47 Å². The monoisotopic (exact) mass is 439 g/mol. The highest BCUT2D eigenvalue weighted by Gasteiger charge is 2.20. The van der Waals surface area contributed by atoms with Crippen molar-refractivity contribution in [3.05, 3.63) is 70.6 Å². The molecule has 0 atom stereocenters. The summed E-state index contributed by atoms with van der Waals surface area (Å²) in [4.78, 5) is 19.8. The number of hydrogen-bond donors (Lipinski definition) is 0. The van der Waals surface area contributed by atoms with Crippen molar-refractivity contribution in [1.29, 1.82) is 0 Å². The molecule has 0 spiro atoms. The second-order valence-electron chi connectivity index (χ2n) is 6.61. The molecule has 0 fully saturated rings. The normalized spacial score (nSPS) is 10.8. The predicted molar refractivity (Wildman–Crippen MR) is 114 cm³/mol. The molecule has 8 nitrogen and oxygen atoms in total. The van der Waals surface area contributed by atoms with E-state index < -0.39 is 0 Å². The minimum absolute atomic E-state index is 0.0639. The molecule has 4 rings (SSSR count). The fourth-order valence-corrected chi connectivity index (χ4v) is 3.77. The zero-order chi connectivity index (χ0) is 21.6. The van der Waals surface area contributed by atoms with Crippen LogP contribution in [0.25, 0.3) is 11.4 Å². The fourth-order valence-electron chi connectivity index (χ4n) is 3.08. The van der Waals surface area contributed by atoms with Crippen LogP contribution in [0.5, 0.6) is 11.5 Å². The number of methoxy groups -OCH3 is 2. The van der Waals surface area contributed by atoms with E-state index in [9.17, 15) is 4.79 Å². The lowest BCUT2D eigenvalue weighted by Gasteiger charge is -2.20. The average Bonchev–Trinajstić information content (AvgIpc) is 3.58. The summed E-state index contributed by atoms with van der Waals surface area (Å²) in [5.41, 5.74) is 0.745. The minimum Gasteiger partial charge on any atom is -0.493 e. The maximum Gasteiger partial charge on any atom is 0.264 e. The molecule has 0 unspecified atom stereocenters.